The molecule has 6 nitrogen and oxygen atoms in total. The molecule has 0 amide bonds. The smallest absolute Gasteiger partial charge is 0.223 e. The van der Waals surface area contributed by atoms with E-state index in [0.29, 0.717) is 29.0 Å². The van der Waals surface area contributed by atoms with E-state index in [-0.39, 0.29) is 0 Å². The second kappa shape index (κ2) is 7.01. The lowest BCUT2D eigenvalue weighted by Crippen LogP contribution is -2.05. The van der Waals surface area contributed by atoms with Crippen molar-refractivity contribution >= 4 is 17.5 Å². The third-order valence-electron chi connectivity index (χ3n) is 3.97. The number of anilines is 1. The summed E-state index contributed by atoms with van der Waals surface area (Å²) in [5, 5.41) is 3.95. The maximum absolute atomic E-state index is 5.92. The number of nitrogens with zero attached hydrogens (tertiary/aromatic N) is 4. The van der Waals surface area contributed by atoms with Gasteiger partial charge in [-0.3, -0.25) is 0 Å². The van der Waals surface area contributed by atoms with Gasteiger partial charge in [0, 0.05) is 37.2 Å². The number of furan rings is 1. The van der Waals surface area contributed by atoms with Crippen molar-refractivity contribution in [2.24, 2.45) is 7.05 Å². The molecule has 0 aliphatic carbocycles. The first kappa shape index (κ1) is 16.4. The Labute approximate surface area is 155 Å². The van der Waals surface area contributed by atoms with Gasteiger partial charge in [0.15, 0.2) is 5.76 Å². The highest BCUT2D eigenvalue weighted by Gasteiger charge is 2.16. The Morgan fingerprint density at radius 2 is 2.00 bits per heavy atom. The van der Waals surface area contributed by atoms with Crippen molar-refractivity contribution in [1.29, 1.82) is 0 Å². The van der Waals surface area contributed by atoms with Crippen LogP contribution in [0.2, 0.25) is 5.02 Å². The van der Waals surface area contributed by atoms with Crippen LogP contribution in [-0.4, -0.2) is 19.5 Å². The molecule has 0 bridgehead atoms. The van der Waals surface area contributed by atoms with Gasteiger partial charge in [0.25, 0.3) is 0 Å². The average molecular weight is 366 g/mol. The first-order valence-electron chi connectivity index (χ1n) is 8.07. The van der Waals surface area contributed by atoms with Gasteiger partial charge in [-0.1, -0.05) is 23.7 Å². The van der Waals surface area contributed by atoms with Crippen LogP contribution in [-0.2, 0) is 13.6 Å². The van der Waals surface area contributed by atoms with Crippen molar-refractivity contribution in [2.75, 3.05) is 5.32 Å². The maximum atomic E-state index is 5.92. The summed E-state index contributed by atoms with van der Waals surface area (Å²) in [4.78, 5) is 13.5. The highest BCUT2D eigenvalue weighted by molar-refractivity contribution is 6.30. The molecule has 0 unspecified atom stereocenters. The zero-order valence-electron chi connectivity index (χ0n) is 14.1. The van der Waals surface area contributed by atoms with Crippen molar-refractivity contribution in [1.82, 2.24) is 19.5 Å². The van der Waals surface area contributed by atoms with Gasteiger partial charge in [-0.15, -0.1) is 0 Å². The molecule has 0 aliphatic rings. The van der Waals surface area contributed by atoms with E-state index in [1.165, 1.54) is 0 Å². The predicted molar refractivity (Wildman–Crippen MR) is 101 cm³/mol. The first-order chi connectivity index (χ1) is 12.7. The minimum absolute atomic E-state index is 0.518. The lowest BCUT2D eigenvalue weighted by molar-refractivity contribution is 0.580. The number of hydrogen-bond donors (Lipinski definition) is 1. The molecule has 3 heterocycles. The van der Waals surface area contributed by atoms with E-state index in [1.807, 2.05) is 54.2 Å². The minimum atomic E-state index is 0.518. The molecule has 26 heavy (non-hydrogen) atoms. The number of aromatic nitrogens is 4. The van der Waals surface area contributed by atoms with E-state index >= 15 is 0 Å². The number of halogens is 1. The van der Waals surface area contributed by atoms with E-state index in [1.54, 1.807) is 18.7 Å². The summed E-state index contributed by atoms with van der Waals surface area (Å²) in [6.07, 6.45) is 7.01. The second-order valence-corrected chi connectivity index (χ2v) is 6.21. The van der Waals surface area contributed by atoms with Gasteiger partial charge in [-0.2, -0.15) is 0 Å². The van der Waals surface area contributed by atoms with E-state index in [9.17, 15) is 0 Å². The zero-order valence-corrected chi connectivity index (χ0v) is 14.8. The summed E-state index contributed by atoms with van der Waals surface area (Å²) in [5.41, 5.74) is 2.59. The molecule has 0 aliphatic heterocycles. The number of benzene rings is 1. The first-order valence-corrected chi connectivity index (χ1v) is 8.45. The molecule has 0 spiro atoms. The minimum Gasteiger partial charge on any atom is -0.463 e. The lowest BCUT2D eigenvalue weighted by atomic mass is 10.2. The molecule has 7 heteroatoms. The van der Waals surface area contributed by atoms with Gasteiger partial charge >= 0.3 is 0 Å². The molecule has 4 rings (SSSR count). The van der Waals surface area contributed by atoms with Gasteiger partial charge in [0.2, 0.25) is 5.95 Å². The number of aryl methyl sites for hydroxylation is 1. The van der Waals surface area contributed by atoms with E-state index in [2.05, 4.69) is 20.3 Å². The van der Waals surface area contributed by atoms with Crippen molar-refractivity contribution in [2.45, 2.75) is 6.54 Å². The normalized spacial score (nSPS) is 10.8. The molecule has 4 aromatic rings. The average Bonchev–Trinajstić information content (AvgIpc) is 3.33. The van der Waals surface area contributed by atoms with E-state index < -0.39 is 0 Å². The van der Waals surface area contributed by atoms with Crippen molar-refractivity contribution in [3.8, 4) is 22.8 Å². The SMILES string of the molecule is Cn1ccnc1-c1cnc(NCc2ccc(Cl)cc2)nc1-c1ccco1. The van der Waals surface area contributed by atoms with Gasteiger partial charge in [-0.05, 0) is 29.8 Å². The van der Waals surface area contributed by atoms with Crippen LogP contribution < -0.4 is 5.32 Å². The van der Waals surface area contributed by atoms with Gasteiger partial charge < -0.3 is 14.3 Å². The molecule has 0 saturated carbocycles. The van der Waals surface area contributed by atoms with Crippen molar-refractivity contribution in [3.63, 3.8) is 0 Å². The molecule has 3 aromatic heterocycles. The number of imidazole rings is 1. The molecular formula is C19H16ClN5O. The Kier molecular flexibility index (Phi) is 4.41. The van der Waals surface area contributed by atoms with Gasteiger partial charge in [-0.25, -0.2) is 15.0 Å². The fraction of sp³-hybridized carbons (Fsp3) is 0.105. The fourth-order valence-electron chi connectivity index (χ4n) is 2.64. The topological polar surface area (TPSA) is 68.8 Å². The van der Waals surface area contributed by atoms with Gasteiger partial charge in [0.1, 0.15) is 11.5 Å². The molecule has 0 fully saturated rings. The predicted octanol–water partition coefficient (Wildman–Crippen LogP) is 4.40. The van der Waals surface area contributed by atoms with Crippen LogP contribution in [0.25, 0.3) is 22.8 Å². The maximum Gasteiger partial charge on any atom is 0.223 e. The molecule has 1 N–H and O–H groups in total. The third-order valence-corrected chi connectivity index (χ3v) is 4.22. The molecular weight excluding hydrogens is 350 g/mol. The summed E-state index contributed by atoms with van der Waals surface area (Å²) in [7, 11) is 1.93. The molecule has 130 valence electrons. The highest BCUT2D eigenvalue weighted by Crippen LogP contribution is 2.30. The van der Waals surface area contributed by atoms with Crippen molar-refractivity contribution in [3.05, 3.63) is 71.8 Å². The van der Waals surface area contributed by atoms with Crippen molar-refractivity contribution < 1.29 is 4.42 Å². The Morgan fingerprint density at radius 3 is 2.69 bits per heavy atom. The van der Waals surface area contributed by atoms with Crippen LogP contribution >= 0.6 is 11.6 Å². The number of nitrogens with one attached hydrogen (secondary N) is 1. The lowest BCUT2D eigenvalue weighted by Gasteiger charge is -2.10. The quantitative estimate of drug-likeness (QED) is 0.567. The van der Waals surface area contributed by atoms with E-state index in [4.69, 9.17) is 16.0 Å². The molecule has 0 saturated heterocycles. The Morgan fingerprint density at radius 1 is 1.15 bits per heavy atom. The summed E-state index contributed by atoms with van der Waals surface area (Å²) in [5.74, 6) is 1.96. The Bertz CT molecular complexity index is 1010. The van der Waals surface area contributed by atoms with Crippen LogP contribution in [0.1, 0.15) is 5.56 Å². The van der Waals surface area contributed by atoms with Crippen LogP contribution in [0.3, 0.4) is 0 Å². The number of hydrogen-bond acceptors (Lipinski definition) is 5. The van der Waals surface area contributed by atoms with E-state index in [0.717, 1.165) is 17.0 Å². The summed E-state index contributed by atoms with van der Waals surface area (Å²) in [6.45, 7) is 0.594. The summed E-state index contributed by atoms with van der Waals surface area (Å²) < 4.78 is 7.48. The Hall–Kier alpha value is -3.12. The van der Waals surface area contributed by atoms with Crippen LogP contribution in [0, 0.1) is 0 Å². The monoisotopic (exact) mass is 365 g/mol. The Balaban J connectivity index is 1.66. The summed E-state index contributed by atoms with van der Waals surface area (Å²) >= 11 is 5.92. The van der Waals surface area contributed by atoms with Crippen LogP contribution in [0.4, 0.5) is 5.95 Å². The highest BCUT2D eigenvalue weighted by atomic mass is 35.5. The zero-order chi connectivity index (χ0) is 17.9. The molecule has 1 aromatic carbocycles. The van der Waals surface area contributed by atoms with Gasteiger partial charge in [0.05, 0.1) is 11.8 Å². The van der Waals surface area contributed by atoms with Crippen LogP contribution in [0.15, 0.2) is 65.7 Å². The summed E-state index contributed by atoms with van der Waals surface area (Å²) in [6, 6.07) is 11.4. The second-order valence-electron chi connectivity index (χ2n) is 5.77. The van der Waals surface area contributed by atoms with Crippen LogP contribution in [0.5, 0.6) is 0 Å². The third kappa shape index (κ3) is 3.32. The molecule has 0 radical (unpaired) electrons. The fourth-order valence-corrected chi connectivity index (χ4v) is 2.77. The number of rotatable bonds is 5. The largest absolute Gasteiger partial charge is 0.463 e. The standard InChI is InChI=1S/C19H16ClN5O/c1-25-9-8-21-18(25)15-12-23-19(24-17(15)16-3-2-10-26-16)22-11-13-4-6-14(20)7-5-13/h2-10,12H,11H2,1H3,(H,22,23,24). The molecule has 0 atom stereocenters.